The first-order valence-corrected chi connectivity index (χ1v) is 6.43. The number of carbonyl (C=O) groups is 1. The van der Waals surface area contributed by atoms with Crippen LogP contribution in [0.25, 0.3) is 11.0 Å². The third-order valence-electron chi connectivity index (χ3n) is 2.20. The highest BCUT2D eigenvalue weighted by atomic mass is 32.1. The van der Waals surface area contributed by atoms with Crippen LogP contribution in [-0.4, -0.2) is 19.6 Å². The van der Waals surface area contributed by atoms with E-state index in [0.29, 0.717) is 16.9 Å². The number of thiazole rings is 1. The van der Waals surface area contributed by atoms with Crippen LogP contribution >= 0.6 is 23.1 Å². The Hall–Kier alpha value is -1.86. The van der Waals surface area contributed by atoms with E-state index in [-0.39, 0.29) is 5.91 Å². The highest BCUT2D eigenvalue weighted by molar-refractivity contribution is 7.07. The molecule has 5 nitrogen and oxygen atoms in total. The van der Waals surface area contributed by atoms with E-state index in [1.54, 1.807) is 17.0 Å². The summed E-state index contributed by atoms with van der Waals surface area (Å²) < 4.78 is 8.27. The second kappa shape index (κ2) is 4.19. The minimum Gasteiger partial charge on any atom is -0.319 e. The first-order valence-electron chi connectivity index (χ1n) is 4.75. The number of rotatable bonds is 2. The molecule has 1 amide bonds. The molecule has 0 aliphatic carbocycles. The second-order valence-electron chi connectivity index (χ2n) is 3.27. The molecule has 7 heteroatoms. The summed E-state index contributed by atoms with van der Waals surface area (Å²) in [7, 11) is 0. The van der Waals surface area contributed by atoms with E-state index in [1.807, 2.05) is 12.1 Å². The average Bonchev–Trinajstić information content (AvgIpc) is 3.00. The van der Waals surface area contributed by atoms with Gasteiger partial charge in [0.1, 0.15) is 16.7 Å². The summed E-state index contributed by atoms with van der Waals surface area (Å²) in [4.78, 5) is 15.8. The summed E-state index contributed by atoms with van der Waals surface area (Å²) in [5.41, 5.74) is 4.19. The van der Waals surface area contributed by atoms with Crippen molar-refractivity contribution in [1.82, 2.24) is 13.7 Å². The predicted molar refractivity (Wildman–Crippen MR) is 67.5 cm³/mol. The van der Waals surface area contributed by atoms with Gasteiger partial charge in [0.05, 0.1) is 22.9 Å². The fourth-order valence-electron chi connectivity index (χ4n) is 1.42. The van der Waals surface area contributed by atoms with Crippen LogP contribution in [0.15, 0.2) is 29.1 Å². The van der Waals surface area contributed by atoms with E-state index < -0.39 is 0 Å². The minimum absolute atomic E-state index is 0.230. The molecule has 2 aromatic heterocycles. The molecule has 3 aromatic rings. The van der Waals surface area contributed by atoms with Gasteiger partial charge in [-0.05, 0) is 12.1 Å². The predicted octanol–water partition coefficient (Wildman–Crippen LogP) is 2.40. The SMILES string of the molecule is O=C(Nc1cccc2nsnc12)c1cscn1. The largest absolute Gasteiger partial charge is 0.319 e. The molecule has 0 radical (unpaired) electrons. The average molecular weight is 262 g/mol. The molecule has 0 aliphatic heterocycles. The number of carbonyl (C=O) groups excluding carboxylic acids is 1. The van der Waals surface area contributed by atoms with E-state index in [1.165, 1.54) is 11.3 Å². The zero-order valence-corrected chi connectivity index (χ0v) is 10.1. The molecule has 3 rings (SSSR count). The van der Waals surface area contributed by atoms with Crippen molar-refractivity contribution in [3.05, 3.63) is 34.8 Å². The fraction of sp³-hybridized carbons (Fsp3) is 0. The maximum absolute atomic E-state index is 11.8. The molecule has 1 N–H and O–H groups in total. The minimum atomic E-state index is -0.230. The molecule has 0 saturated heterocycles. The van der Waals surface area contributed by atoms with Crippen molar-refractivity contribution in [3.63, 3.8) is 0 Å². The van der Waals surface area contributed by atoms with Crippen molar-refractivity contribution in [2.45, 2.75) is 0 Å². The number of nitrogens with zero attached hydrogens (tertiary/aromatic N) is 3. The topological polar surface area (TPSA) is 67.8 Å². The summed E-state index contributed by atoms with van der Waals surface area (Å²) in [6.07, 6.45) is 0. The second-order valence-corrected chi connectivity index (χ2v) is 4.51. The molecule has 84 valence electrons. The molecule has 0 bridgehead atoms. The molecule has 0 atom stereocenters. The van der Waals surface area contributed by atoms with E-state index in [4.69, 9.17) is 0 Å². The van der Waals surface area contributed by atoms with Crippen LogP contribution < -0.4 is 5.32 Å². The number of nitrogens with one attached hydrogen (secondary N) is 1. The van der Waals surface area contributed by atoms with Gasteiger partial charge in [-0.15, -0.1) is 11.3 Å². The Balaban J connectivity index is 1.95. The molecule has 0 spiro atoms. The molecule has 0 fully saturated rings. The molecular formula is C10H6N4OS2. The van der Waals surface area contributed by atoms with Crippen molar-refractivity contribution >= 4 is 45.7 Å². The van der Waals surface area contributed by atoms with Gasteiger partial charge in [0.25, 0.3) is 5.91 Å². The smallest absolute Gasteiger partial charge is 0.275 e. The lowest BCUT2D eigenvalue weighted by Gasteiger charge is -2.02. The van der Waals surface area contributed by atoms with Crippen LogP contribution in [0.5, 0.6) is 0 Å². The quantitative estimate of drug-likeness (QED) is 0.770. The third-order valence-corrected chi connectivity index (χ3v) is 3.33. The fourth-order valence-corrected chi connectivity index (χ4v) is 2.50. The van der Waals surface area contributed by atoms with Crippen molar-refractivity contribution in [2.75, 3.05) is 5.32 Å². The molecular weight excluding hydrogens is 256 g/mol. The van der Waals surface area contributed by atoms with Crippen molar-refractivity contribution in [2.24, 2.45) is 0 Å². The monoisotopic (exact) mass is 262 g/mol. The zero-order valence-electron chi connectivity index (χ0n) is 8.45. The van der Waals surface area contributed by atoms with Gasteiger partial charge in [-0.1, -0.05) is 6.07 Å². The summed E-state index contributed by atoms with van der Waals surface area (Å²) in [6, 6.07) is 5.49. The Bertz CT molecular complexity index is 662. The van der Waals surface area contributed by atoms with Crippen molar-refractivity contribution in [3.8, 4) is 0 Å². The summed E-state index contributed by atoms with van der Waals surface area (Å²) >= 11 is 2.51. The van der Waals surface area contributed by atoms with Crippen LogP contribution in [0.2, 0.25) is 0 Å². The van der Waals surface area contributed by atoms with E-state index in [0.717, 1.165) is 17.2 Å². The lowest BCUT2D eigenvalue weighted by atomic mass is 10.2. The van der Waals surface area contributed by atoms with Gasteiger partial charge in [-0.2, -0.15) is 8.75 Å². The highest BCUT2D eigenvalue weighted by Gasteiger charge is 2.11. The normalized spacial score (nSPS) is 10.6. The molecule has 17 heavy (non-hydrogen) atoms. The first-order chi connectivity index (χ1) is 8.34. The van der Waals surface area contributed by atoms with Gasteiger partial charge in [0.15, 0.2) is 0 Å². The van der Waals surface area contributed by atoms with Gasteiger partial charge in [0, 0.05) is 5.38 Å². The number of fused-ring (bicyclic) bond motifs is 1. The maximum Gasteiger partial charge on any atom is 0.275 e. The lowest BCUT2D eigenvalue weighted by molar-refractivity contribution is 0.102. The number of aromatic nitrogens is 3. The molecule has 0 aliphatic rings. The Morgan fingerprint density at radius 1 is 1.29 bits per heavy atom. The number of amides is 1. The molecule has 0 unspecified atom stereocenters. The van der Waals surface area contributed by atoms with E-state index >= 15 is 0 Å². The highest BCUT2D eigenvalue weighted by Crippen LogP contribution is 2.21. The lowest BCUT2D eigenvalue weighted by Crippen LogP contribution is -2.12. The van der Waals surface area contributed by atoms with Gasteiger partial charge >= 0.3 is 0 Å². The van der Waals surface area contributed by atoms with Crippen LogP contribution in [0.1, 0.15) is 10.5 Å². The molecule has 2 heterocycles. The molecule has 0 saturated carbocycles. The Morgan fingerprint density at radius 3 is 3.06 bits per heavy atom. The number of hydrogen-bond donors (Lipinski definition) is 1. The third kappa shape index (κ3) is 1.90. The summed E-state index contributed by atoms with van der Waals surface area (Å²) in [5, 5.41) is 4.49. The Kier molecular flexibility index (Phi) is 2.54. The maximum atomic E-state index is 11.8. The van der Waals surface area contributed by atoms with Crippen molar-refractivity contribution < 1.29 is 4.79 Å². The summed E-state index contributed by atoms with van der Waals surface area (Å²) in [6.45, 7) is 0. The van der Waals surface area contributed by atoms with E-state index in [9.17, 15) is 4.79 Å². The molecule has 1 aromatic carbocycles. The Morgan fingerprint density at radius 2 is 2.24 bits per heavy atom. The van der Waals surface area contributed by atoms with Gasteiger partial charge in [-0.3, -0.25) is 4.79 Å². The zero-order chi connectivity index (χ0) is 11.7. The Labute approximate surface area is 104 Å². The summed E-state index contributed by atoms with van der Waals surface area (Å²) in [5.74, 6) is -0.230. The van der Waals surface area contributed by atoms with Crippen LogP contribution in [-0.2, 0) is 0 Å². The number of hydrogen-bond acceptors (Lipinski definition) is 6. The van der Waals surface area contributed by atoms with Crippen LogP contribution in [0.4, 0.5) is 5.69 Å². The first kappa shape index (κ1) is 10.3. The van der Waals surface area contributed by atoms with Gasteiger partial charge in [-0.25, -0.2) is 4.98 Å². The van der Waals surface area contributed by atoms with Gasteiger partial charge in [0.2, 0.25) is 0 Å². The van der Waals surface area contributed by atoms with E-state index in [2.05, 4.69) is 19.0 Å². The standard InChI is InChI=1S/C10H6N4OS2/c15-10(8-4-16-5-11-8)12-6-2-1-3-7-9(6)14-17-13-7/h1-5H,(H,12,15). The van der Waals surface area contributed by atoms with Gasteiger partial charge < -0.3 is 5.32 Å². The van der Waals surface area contributed by atoms with Crippen LogP contribution in [0.3, 0.4) is 0 Å². The van der Waals surface area contributed by atoms with Crippen LogP contribution in [0, 0.1) is 0 Å². The number of benzene rings is 1. The number of anilines is 1. The van der Waals surface area contributed by atoms with Crippen molar-refractivity contribution in [1.29, 1.82) is 0 Å².